The summed E-state index contributed by atoms with van der Waals surface area (Å²) in [5.41, 5.74) is 4.91. The third-order valence-corrected chi connectivity index (χ3v) is 6.38. The Morgan fingerprint density at radius 3 is 2.43 bits per heavy atom. The Labute approximate surface area is 203 Å². The third-order valence-electron chi connectivity index (χ3n) is 6.38. The van der Waals surface area contributed by atoms with Crippen molar-refractivity contribution in [2.45, 2.75) is 26.1 Å². The number of amides is 1. The minimum Gasteiger partial charge on any atom is -0.336 e. The Hall–Kier alpha value is -3.84. The van der Waals surface area contributed by atoms with Crippen LogP contribution in [-0.4, -0.2) is 39.1 Å². The highest BCUT2D eigenvalue weighted by atomic mass is 19.1. The largest absolute Gasteiger partial charge is 0.336 e. The number of fused-ring (bicyclic) bond motifs is 1. The van der Waals surface area contributed by atoms with Gasteiger partial charge in [-0.15, -0.1) is 0 Å². The number of halogens is 2. The van der Waals surface area contributed by atoms with E-state index >= 15 is 0 Å². The van der Waals surface area contributed by atoms with Gasteiger partial charge in [-0.05, 0) is 42.0 Å². The van der Waals surface area contributed by atoms with E-state index in [0.29, 0.717) is 6.54 Å². The van der Waals surface area contributed by atoms with Crippen LogP contribution in [0.2, 0.25) is 0 Å². The zero-order valence-corrected chi connectivity index (χ0v) is 19.5. The van der Waals surface area contributed by atoms with Gasteiger partial charge in [-0.25, -0.2) is 13.5 Å². The SMILES string of the molecule is CN(Cc1nn(-c2ccc(F)cc2)c2c1CN(Cc1ccccc1)CC2)C(=O)c1ccccc1F. The summed E-state index contributed by atoms with van der Waals surface area (Å²) in [6, 6.07) is 22.5. The summed E-state index contributed by atoms with van der Waals surface area (Å²) in [7, 11) is 1.66. The molecule has 0 saturated carbocycles. The van der Waals surface area contributed by atoms with Crippen LogP contribution >= 0.6 is 0 Å². The van der Waals surface area contributed by atoms with Crippen molar-refractivity contribution < 1.29 is 13.6 Å². The molecule has 0 atom stereocenters. The molecule has 0 unspecified atom stereocenters. The summed E-state index contributed by atoms with van der Waals surface area (Å²) in [4.78, 5) is 16.8. The molecule has 0 saturated heterocycles. The van der Waals surface area contributed by atoms with Gasteiger partial charge >= 0.3 is 0 Å². The lowest BCUT2D eigenvalue weighted by Gasteiger charge is -2.28. The summed E-state index contributed by atoms with van der Waals surface area (Å²) >= 11 is 0. The lowest BCUT2D eigenvalue weighted by atomic mass is 10.0. The van der Waals surface area contributed by atoms with Gasteiger partial charge < -0.3 is 4.90 Å². The molecule has 7 heteroatoms. The highest BCUT2D eigenvalue weighted by Gasteiger charge is 2.27. The average Bonchev–Trinajstić information content (AvgIpc) is 3.22. The highest BCUT2D eigenvalue weighted by Crippen LogP contribution is 2.27. The van der Waals surface area contributed by atoms with Crippen LogP contribution < -0.4 is 0 Å². The van der Waals surface area contributed by atoms with E-state index in [1.165, 1.54) is 34.7 Å². The Morgan fingerprint density at radius 2 is 1.69 bits per heavy atom. The molecule has 0 radical (unpaired) electrons. The fourth-order valence-electron chi connectivity index (χ4n) is 4.58. The van der Waals surface area contributed by atoms with Gasteiger partial charge in [-0.2, -0.15) is 5.10 Å². The summed E-state index contributed by atoms with van der Waals surface area (Å²) < 4.78 is 29.6. The topological polar surface area (TPSA) is 41.4 Å². The first kappa shape index (κ1) is 22.9. The number of benzene rings is 3. The van der Waals surface area contributed by atoms with Crippen LogP contribution in [-0.2, 0) is 26.1 Å². The summed E-state index contributed by atoms with van der Waals surface area (Å²) in [6.45, 7) is 2.59. The number of hydrogen-bond acceptors (Lipinski definition) is 3. The number of nitrogens with zero attached hydrogens (tertiary/aromatic N) is 4. The second-order valence-corrected chi connectivity index (χ2v) is 8.85. The fraction of sp³-hybridized carbons (Fsp3) is 0.214. The maximum atomic E-state index is 14.2. The van der Waals surface area contributed by atoms with E-state index in [-0.39, 0.29) is 17.9 Å². The Kier molecular flexibility index (Phi) is 6.42. The third kappa shape index (κ3) is 4.86. The van der Waals surface area contributed by atoms with Crippen molar-refractivity contribution in [1.29, 1.82) is 0 Å². The van der Waals surface area contributed by atoms with Gasteiger partial charge in [0.05, 0.1) is 29.2 Å². The lowest BCUT2D eigenvalue weighted by molar-refractivity contribution is 0.0778. The molecule has 3 aromatic carbocycles. The Balaban J connectivity index is 1.46. The molecular formula is C28H26F2N4O. The molecule has 1 aliphatic heterocycles. The van der Waals surface area contributed by atoms with Crippen molar-refractivity contribution in [1.82, 2.24) is 19.6 Å². The first-order valence-corrected chi connectivity index (χ1v) is 11.6. The van der Waals surface area contributed by atoms with Gasteiger partial charge in [0, 0.05) is 38.7 Å². The molecule has 0 bridgehead atoms. The van der Waals surface area contributed by atoms with E-state index < -0.39 is 11.7 Å². The molecule has 1 aliphatic rings. The van der Waals surface area contributed by atoms with Crippen LogP contribution in [0.15, 0.2) is 78.9 Å². The van der Waals surface area contributed by atoms with Gasteiger partial charge in [0.25, 0.3) is 5.91 Å². The fourth-order valence-corrected chi connectivity index (χ4v) is 4.58. The van der Waals surface area contributed by atoms with Gasteiger partial charge in [-0.1, -0.05) is 42.5 Å². The molecular weight excluding hydrogens is 446 g/mol. The molecule has 2 heterocycles. The minimum absolute atomic E-state index is 0.0348. The molecule has 0 aliphatic carbocycles. The van der Waals surface area contributed by atoms with Crippen LogP contribution in [0.3, 0.4) is 0 Å². The monoisotopic (exact) mass is 472 g/mol. The zero-order valence-electron chi connectivity index (χ0n) is 19.5. The van der Waals surface area contributed by atoms with Crippen LogP contribution in [0.4, 0.5) is 8.78 Å². The Morgan fingerprint density at radius 1 is 0.971 bits per heavy atom. The molecule has 0 spiro atoms. The van der Waals surface area contributed by atoms with Gasteiger partial charge in [-0.3, -0.25) is 9.69 Å². The minimum atomic E-state index is -0.544. The predicted molar refractivity (Wildman–Crippen MR) is 130 cm³/mol. The number of hydrogen-bond donors (Lipinski definition) is 0. The average molecular weight is 473 g/mol. The van der Waals surface area contributed by atoms with Crippen molar-refractivity contribution in [2.24, 2.45) is 0 Å². The second-order valence-electron chi connectivity index (χ2n) is 8.85. The molecule has 5 nitrogen and oxygen atoms in total. The van der Waals surface area contributed by atoms with Crippen molar-refractivity contribution >= 4 is 5.91 Å². The number of carbonyl (C=O) groups is 1. The Bertz CT molecular complexity index is 1340. The van der Waals surface area contributed by atoms with Gasteiger partial charge in [0.1, 0.15) is 11.6 Å². The first-order valence-electron chi connectivity index (χ1n) is 11.6. The quantitative estimate of drug-likeness (QED) is 0.397. The van der Waals surface area contributed by atoms with E-state index in [0.717, 1.165) is 42.1 Å². The highest BCUT2D eigenvalue weighted by molar-refractivity contribution is 5.94. The summed E-state index contributed by atoms with van der Waals surface area (Å²) in [5.74, 6) is -1.25. The second kappa shape index (κ2) is 9.80. The van der Waals surface area contributed by atoms with Crippen molar-refractivity contribution in [3.05, 3.63) is 119 Å². The standard InChI is InChI=1S/C28H26F2N4O/c1-32(28(35)23-9-5-6-10-25(23)30)19-26-24-18-33(17-20-7-3-2-4-8-20)16-15-27(24)34(31-26)22-13-11-21(29)12-14-22/h2-14H,15-19H2,1H3. The maximum absolute atomic E-state index is 14.2. The number of aromatic nitrogens is 2. The maximum Gasteiger partial charge on any atom is 0.256 e. The van der Waals surface area contributed by atoms with E-state index in [2.05, 4.69) is 17.0 Å². The normalized spacial score (nSPS) is 13.5. The van der Waals surface area contributed by atoms with E-state index in [1.54, 1.807) is 31.3 Å². The van der Waals surface area contributed by atoms with E-state index in [1.807, 2.05) is 22.9 Å². The first-order chi connectivity index (χ1) is 17.0. The van der Waals surface area contributed by atoms with E-state index in [4.69, 9.17) is 5.10 Å². The summed E-state index contributed by atoms with van der Waals surface area (Å²) in [6.07, 6.45) is 0.775. The molecule has 0 N–H and O–H groups in total. The van der Waals surface area contributed by atoms with Crippen molar-refractivity contribution in [3.8, 4) is 5.69 Å². The zero-order chi connectivity index (χ0) is 24.4. The molecule has 1 amide bonds. The molecule has 0 fully saturated rings. The van der Waals surface area contributed by atoms with Crippen LogP contribution in [0.25, 0.3) is 5.69 Å². The van der Waals surface area contributed by atoms with Gasteiger partial charge in [0.15, 0.2) is 0 Å². The van der Waals surface area contributed by atoms with E-state index in [9.17, 15) is 13.6 Å². The molecule has 4 aromatic rings. The predicted octanol–water partition coefficient (Wildman–Crippen LogP) is 4.98. The van der Waals surface area contributed by atoms with Crippen LogP contribution in [0.1, 0.15) is 32.9 Å². The smallest absolute Gasteiger partial charge is 0.256 e. The molecule has 35 heavy (non-hydrogen) atoms. The van der Waals surface area contributed by atoms with Crippen molar-refractivity contribution in [3.63, 3.8) is 0 Å². The molecule has 178 valence electrons. The molecule has 5 rings (SSSR count). The lowest BCUT2D eigenvalue weighted by Crippen LogP contribution is -2.32. The van der Waals surface area contributed by atoms with Gasteiger partial charge in [0.2, 0.25) is 0 Å². The van der Waals surface area contributed by atoms with Crippen LogP contribution in [0.5, 0.6) is 0 Å². The molecule has 1 aromatic heterocycles. The van der Waals surface area contributed by atoms with Crippen LogP contribution in [0, 0.1) is 11.6 Å². The number of carbonyl (C=O) groups excluding carboxylic acids is 1. The summed E-state index contributed by atoms with van der Waals surface area (Å²) in [5, 5.41) is 4.85. The van der Waals surface area contributed by atoms with Crippen molar-refractivity contribution in [2.75, 3.05) is 13.6 Å². The number of rotatable bonds is 6.